The van der Waals surface area contributed by atoms with Gasteiger partial charge in [-0.2, -0.15) is 0 Å². The van der Waals surface area contributed by atoms with E-state index in [-0.39, 0.29) is 0 Å². The van der Waals surface area contributed by atoms with Crippen LogP contribution in [0.25, 0.3) is 0 Å². The first-order valence-corrected chi connectivity index (χ1v) is 7.83. The van der Waals surface area contributed by atoms with Gasteiger partial charge in [0.05, 0.1) is 17.3 Å². The lowest BCUT2D eigenvalue weighted by molar-refractivity contribution is 0.0700. The summed E-state index contributed by atoms with van der Waals surface area (Å²) >= 11 is 1.25. The molecule has 4 nitrogen and oxygen atoms in total. The Hall–Kier alpha value is -1.88. The van der Waals surface area contributed by atoms with E-state index >= 15 is 0 Å². The number of carboxylic acids is 1. The van der Waals surface area contributed by atoms with Crippen LogP contribution in [0.4, 0.5) is 0 Å². The van der Waals surface area contributed by atoms with Gasteiger partial charge in [-0.1, -0.05) is 31.0 Å². The fourth-order valence-electron chi connectivity index (χ4n) is 1.97. The average molecular weight is 305 g/mol. The summed E-state index contributed by atoms with van der Waals surface area (Å²) in [6.07, 6.45) is 2.23. The van der Waals surface area contributed by atoms with Crippen molar-refractivity contribution in [3.63, 3.8) is 0 Å². The number of nitrogens with zero attached hydrogens (tertiary/aromatic N) is 1. The van der Waals surface area contributed by atoms with Crippen LogP contribution in [0, 0.1) is 6.92 Å². The SMILES string of the molecule is CCCc1nc(CCOc2ccc(C)cc2)sc1C(=O)O. The molecule has 0 unspecified atom stereocenters. The summed E-state index contributed by atoms with van der Waals surface area (Å²) in [5, 5.41) is 10.00. The monoisotopic (exact) mass is 305 g/mol. The first-order chi connectivity index (χ1) is 10.1. The Morgan fingerprint density at radius 3 is 2.62 bits per heavy atom. The molecule has 0 saturated carbocycles. The molecule has 0 aliphatic rings. The van der Waals surface area contributed by atoms with Crippen LogP contribution in [0.15, 0.2) is 24.3 Å². The Kier molecular flexibility index (Phi) is 5.33. The quantitative estimate of drug-likeness (QED) is 0.847. The molecule has 0 fully saturated rings. The van der Waals surface area contributed by atoms with Gasteiger partial charge < -0.3 is 9.84 Å². The van der Waals surface area contributed by atoms with Crippen LogP contribution in [0.3, 0.4) is 0 Å². The van der Waals surface area contributed by atoms with Crippen molar-refractivity contribution in [3.8, 4) is 5.75 Å². The molecule has 0 radical (unpaired) electrons. The molecule has 1 aromatic heterocycles. The third kappa shape index (κ3) is 4.29. The van der Waals surface area contributed by atoms with Gasteiger partial charge >= 0.3 is 5.97 Å². The van der Waals surface area contributed by atoms with E-state index in [9.17, 15) is 9.90 Å². The lowest BCUT2D eigenvalue weighted by Crippen LogP contribution is -2.01. The summed E-state index contributed by atoms with van der Waals surface area (Å²) in [7, 11) is 0. The zero-order valence-electron chi connectivity index (χ0n) is 12.3. The predicted octanol–water partition coefficient (Wildman–Crippen LogP) is 3.72. The van der Waals surface area contributed by atoms with Crippen molar-refractivity contribution < 1.29 is 14.6 Å². The fraction of sp³-hybridized carbons (Fsp3) is 0.375. The molecule has 2 rings (SSSR count). The maximum absolute atomic E-state index is 11.2. The zero-order valence-corrected chi connectivity index (χ0v) is 13.1. The second-order valence-electron chi connectivity index (χ2n) is 4.85. The zero-order chi connectivity index (χ0) is 15.2. The first kappa shape index (κ1) is 15.5. The Bertz CT molecular complexity index is 604. The minimum atomic E-state index is -0.887. The van der Waals surface area contributed by atoms with E-state index in [1.54, 1.807) is 0 Å². The molecule has 0 aliphatic carbocycles. The van der Waals surface area contributed by atoms with Gasteiger partial charge in [-0.3, -0.25) is 0 Å². The number of rotatable bonds is 7. The van der Waals surface area contributed by atoms with Crippen molar-refractivity contribution in [2.24, 2.45) is 0 Å². The number of benzene rings is 1. The van der Waals surface area contributed by atoms with Crippen molar-refractivity contribution in [1.29, 1.82) is 0 Å². The Balaban J connectivity index is 1.95. The van der Waals surface area contributed by atoms with Crippen LogP contribution in [-0.2, 0) is 12.8 Å². The topological polar surface area (TPSA) is 59.4 Å². The Morgan fingerprint density at radius 2 is 2.00 bits per heavy atom. The van der Waals surface area contributed by atoms with Gasteiger partial charge in [0.2, 0.25) is 0 Å². The Morgan fingerprint density at radius 1 is 1.29 bits per heavy atom. The molecule has 1 aromatic carbocycles. The van der Waals surface area contributed by atoms with Crippen molar-refractivity contribution in [2.75, 3.05) is 6.61 Å². The third-order valence-electron chi connectivity index (χ3n) is 3.03. The van der Waals surface area contributed by atoms with Gasteiger partial charge in [-0.25, -0.2) is 9.78 Å². The smallest absolute Gasteiger partial charge is 0.347 e. The number of aromatic nitrogens is 1. The molecule has 0 spiro atoms. The van der Waals surface area contributed by atoms with Crippen molar-refractivity contribution in [2.45, 2.75) is 33.1 Å². The number of thiazole rings is 1. The maximum Gasteiger partial charge on any atom is 0.347 e. The van der Waals surface area contributed by atoms with E-state index in [0.717, 1.165) is 17.2 Å². The van der Waals surface area contributed by atoms with E-state index in [1.165, 1.54) is 16.9 Å². The summed E-state index contributed by atoms with van der Waals surface area (Å²) in [6, 6.07) is 7.87. The van der Waals surface area contributed by atoms with Crippen LogP contribution in [0.5, 0.6) is 5.75 Å². The third-order valence-corrected chi connectivity index (χ3v) is 4.17. The van der Waals surface area contributed by atoms with E-state index in [0.29, 0.717) is 30.0 Å². The maximum atomic E-state index is 11.2. The highest BCUT2D eigenvalue weighted by atomic mass is 32.1. The van der Waals surface area contributed by atoms with Crippen LogP contribution >= 0.6 is 11.3 Å². The largest absolute Gasteiger partial charge is 0.493 e. The molecule has 2 aromatic rings. The van der Waals surface area contributed by atoms with Crippen LogP contribution < -0.4 is 4.74 Å². The minimum absolute atomic E-state index is 0.363. The number of aromatic carboxylic acids is 1. The molecule has 0 atom stereocenters. The molecular weight excluding hydrogens is 286 g/mol. The summed E-state index contributed by atoms with van der Waals surface area (Å²) in [4.78, 5) is 16.0. The number of carboxylic acid groups (broad SMARTS) is 1. The van der Waals surface area contributed by atoms with E-state index in [4.69, 9.17) is 4.74 Å². The second kappa shape index (κ2) is 7.22. The molecule has 0 aliphatic heterocycles. The van der Waals surface area contributed by atoms with Crippen LogP contribution in [0.1, 0.15) is 39.3 Å². The Labute approximate surface area is 128 Å². The summed E-state index contributed by atoms with van der Waals surface area (Å²) in [6.45, 7) is 4.55. The second-order valence-corrected chi connectivity index (χ2v) is 5.93. The van der Waals surface area contributed by atoms with Gasteiger partial charge in [-0.05, 0) is 25.5 Å². The highest BCUT2D eigenvalue weighted by molar-refractivity contribution is 7.13. The highest BCUT2D eigenvalue weighted by Gasteiger charge is 2.16. The highest BCUT2D eigenvalue weighted by Crippen LogP contribution is 2.21. The summed E-state index contributed by atoms with van der Waals surface area (Å²) in [5.74, 6) is -0.0638. The number of hydrogen-bond donors (Lipinski definition) is 1. The minimum Gasteiger partial charge on any atom is -0.493 e. The van der Waals surface area contributed by atoms with Crippen molar-refractivity contribution in [3.05, 3.63) is 45.4 Å². The van der Waals surface area contributed by atoms with E-state index in [1.807, 2.05) is 38.1 Å². The van der Waals surface area contributed by atoms with E-state index in [2.05, 4.69) is 4.98 Å². The lowest BCUT2D eigenvalue weighted by Gasteiger charge is -2.04. The molecule has 0 saturated heterocycles. The molecule has 1 N–H and O–H groups in total. The van der Waals surface area contributed by atoms with Crippen molar-refractivity contribution in [1.82, 2.24) is 4.98 Å². The average Bonchev–Trinajstić information content (AvgIpc) is 2.85. The van der Waals surface area contributed by atoms with Crippen LogP contribution in [0.2, 0.25) is 0 Å². The van der Waals surface area contributed by atoms with Gasteiger partial charge in [0.15, 0.2) is 0 Å². The molecular formula is C16H19NO3S. The van der Waals surface area contributed by atoms with Crippen molar-refractivity contribution >= 4 is 17.3 Å². The number of carbonyl (C=O) groups is 1. The first-order valence-electron chi connectivity index (χ1n) is 7.01. The number of hydrogen-bond acceptors (Lipinski definition) is 4. The molecule has 0 bridgehead atoms. The molecule has 21 heavy (non-hydrogen) atoms. The lowest BCUT2D eigenvalue weighted by atomic mass is 10.2. The molecule has 112 valence electrons. The normalized spacial score (nSPS) is 10.6. The molecule has 1 heterocycles. The number of ether oxygens (including phenoxy) is 1. The van der Waals surface area contributed by atoms with E-state index < -0.39 is 5.97 Å². The van der Waals surface area contributed by atoms with Gasteiger partial charge in [0, 0.05) is 6.42 Å². The van der Waals surface area contributed by atoms with Gasteiger partial charge in [0.25, 0.3) is 0 Å². The van der Waals surface area contributed by atoms with Gasteiger partial charge in [-0.15, -0.1) is 11.3 Å². The fourth-order valence-corrected chi connectivity index (χ4v) is 2.90. The summed E-state index contributed by atoms with van der Waals surface area (Å²) < 4.78 is 5.65. The number of aryl methyl sites for hydroxylation is 2. The van der Waals surface area contributed by atoms with Crippen LogP contribution in [-0.4, -0.2) is 22.7 Å². The molecule has 0 amide bonds. The molecule has 5 heteroatoms. The predicted molar refractivity (Wildman–Crippen MR) is 83.4 cm³/mol. The standard InChI is InChI=1S/C16H19NO3S/c1-3-4-13-15(16(18)19)21-14(17-13)9-10-20-12-7-5-11(2)6-8-12/h5-8H,3-4,9-10H2,1-2H3,(H,18,19). The van der Waals surface area contributed by atoms with Gasteiger partial charge in [0.1, 0.15) is 10.6 Å². The summed E-state index contributed by atoms with van der Waals surface area (Å²) in [5.41, 5.74) is 1.89.